The average molecular weight is 392 g/mol. The molecule has 2 aromatic heterocycles. The lowest BCUT2D eigenvalue weighted by Gasteiger charge is -2.10. The van der Waals surface area contributed by atoms with Gasteiger partial charge in [-0.15, -0.1) is 21.5 Å². The van der Waals surface area contributed by atoms with Crippen LogP contribution < -0.4 is 4.74 Å². The van der Waals surface area contributed by atoms with Gasteiger partial charge in [0.25, 0.3) is 11.8 Å². The zero-order chi connectivity index (χ0) is 19.3. The van der Waals surface area contributed by atoms with Gasteiger partial charge in [0.15, 0.2) is 6.10 Å². The van der Waals surface area contributed by atoms with Crippen molar-refractivity contribution in [2.24, 2.45) is 0 Å². The van der Waals surface area contributed by atoms with Crippen molar-refractivity contribution in [2.75, 3.05) is 0 Å². The van der Waals surface area contributed by atoms with Crippen molar-refractivity contribution < 1.29 is 18.7 Å². The van der Waals surface area contributed by atoms with Crippen LogP contribution in [0.5, 0.6) is 11.5 Å². The Bertz CT molecular complexity index is 1060. The summed E-state index contributed by atoms with van der Waals surface area (Å²) < 4.78 is 16.8. The van der Waals surface area contributed by atoms with Crippen LogP contribution in [0.25, 0.3) is 10.8 Å². The Kier molecular flexibility index (Phi) is 5.16. The highest BCUT2D eigenvalue weighted by atomic mass is 32.1. The standard InChI is InChI=1S/C21H16N2O4S/c1-14(19-22-23-20(27-19)18-11-6-12-28-18)25-21(24)15-7-5-10-17(13-15)26-16-8-3-2-4-9-16/h2-14H,1H3/t14-/m0/s1. The second kappa shape index (κ2) is 8.06. The molecule has 4 rings (SSSR count). The van der Waals surface area contributed by atoms with E-state index in [-0.39, 0.29) is 5.89 Å². The van der Waals surface area contributed by atoms with E-state index in [4.69, 9.17) is 13.9 Å². The van der Waals surface area contributed by atoms with E-state index in [0.717, 1.165) is 4.88 Å². The SMILES string of the molecule is C[C@H](OC(=O)c1cccc(Oc2ccccc2)c1)c1nnc(-c2cccs2)o1. The molecule has 0 fully saturated rings. The molecule has 7 heteroatoms. The second-order valence-corrected chi connectivity index (χ2v) is 6.86. The Morgan fingerprint density at radius 3 is 2.61 bits per heavy atom. The molecule has 0 aliphatic heterocycles. The van der Waals surface area contributed by atoms with Crippen molar-refractivity contribution in [3.8, 4) is 22.3 Å². The molecular weight excluding hydrogens is 376 g/mol. The number of benzene rings is 2. The van der Waals surface area contributed by atoms with Crippen LogP contribution in [0.2, 0.25) is 0 Å². The molecule has 0 aliphatic carbocycles. The summed E-state index contributed by atoms with van der Waals surface area (Å²) in [4.78, 5) is 13.4. The fourth-order valence-corrected chi connectivity index (χ4v) is 3.13. The average Bonchev–Trinajstić information content (AvgIpc) is 3.41. The summed E-state index contributed by atoms with van der Waals surface area (Å²) in [5.41, 5.74) is 0.373. The first-order valence-electron chi connectivity index (χ1n) is 8.60. The van der Waals surface area contributed by atoms with Crippen molar-refractivity contribution in [3.63, 3.8) is 0 Å². The van der Waals surface area contributed by atoms with Crippen LogP contribution in [0.3, 0.4) is 0 Å². The predicted molar refractivity (Wildman–Crippen MR) is 104 cm³/mol. The minimum Gasteiger partial charge on any atom is -0.457 e. The first kappa shape index (κ1) is 17.9. The molecule has 0 saturated carbocycles. The number of thiophene rings is 1. The zero-order valence-electron chi connectivity index (χ0n) is 14.9. The minimum atomic E-state index is -0.674. The van der Waals surface area contributed by atoms with Gasteiger partial charge in [-0.3, -0.25) is 0 Å². The molecule has 2 aromatic carbocycles. The van der Waals surface area contributed by atoms with E-state index in [9.17, 15) is 4.79 Å². The number of carbonyl (C=O) groups excluding carboxylic acids is 1. The number of nitrogens with zero attached hydrogens (tertiary/aromatic N) is 2. The lowest BCUT2D eigenvalue weighted by Crippen LogP contribution is -2.09. The van der Waals surface area contributed by atoms with Crippen molar-refractivity contribution >= 4 is 17.3 Å². The van der Waals surface area contributed by atoms with Gasteiger partial charge < -0.3 is 13.9 Å². The summed E-state index contributed by atoms with van der Waals surface area (Å²) in [6, 6.07) is 19.9. The predicted octanol–water partition coefficient (Wildman–Crippen LogP) is 5.51. The van der Waals surface area contributed by atoms with Crippen LogP contribution in [0, 0.1) is 0 Å². The third-order valence-corrected chi connectivity index (χ3v) is 4.71. The van der Waals surface area contributed by atoms with Crippen LogP contribution in [0.1, 0.15) is 29.3 Å². The number of para-hydroxylation sites is 1. The van der Waals surface area contributed by atoms with Crippen LogP contribution in [-0.2, 0) is 4.74 Å². The highest BCUT2D eigenvalue weighted by molar-refractivity contribution is 7.13. The number of carbonyl (C=O) groups is 1. The van der Waals surface area contributed by atoms with E-state index in [1.807, 2.05) is 47.8 Å². The first-order valence-corrected chi connectivity index (χ1v) is 9.48. The number of rotatable bonds is 6. The van der Waals surface area contributed by atoms with Gasteiger partial charge in [-0.1, -0.05) is 30.3 Å². The molecule has 0 radical (unpaired) electrons. The fourth-order valence-electron chi connectivity index (χ4n) is 2.49. The summed E-state index contributed by atoms with van der Waals surface area (Å²) in [6.07, 6.45) is -0.674. The maximum Gasteiger partial charge on any atom is 0.339 e. The van der Waals surface area contributed by atoms with E-state index in [2.05, 4.69) is 10.2 Å². The third-order valence-electron chi connectivity index (χ3n) is 3.85. The summed E-state index contributed by atoms with van der Waals surface area (Å²) in [7, 11) is 0. The maximum atomic E-state index is 12.5. The van der Waals surface area contributed by atoms with Crippen LogP contribution in [0.15, 0.2) is 76.5 Å². The van der Waals surface area contributed by atoms with Crippen LogP contribution in [0.4, 0.5) is 0 Å². The van der Waals surface area contributed by atoms with Crippen molar-refractivity contribution in [1.29, 1.82) is 0 Å². The zero-order valence-corrected chi connectivity index (χ0v) is 15.8. The van der Waals surface area contributed by atoms with E-state index in [0.29, 0.717) is 23.0 Å². The van der Waals surface area contributed by atoms with Gasteiger partial charge >= 0.3 is 5.97 Å². The molecule has 0 N–H and O–H groups in total. The Morgan fingerprint density at radius 2 is 1.82 bits per heavy atom. The summed E-state index contributed by atoms with van der Waals surface area (Å²) in [6.45, 7) is 1.69. The van der Waals surface area contributed by atoms with Crippen molar-refractivity contribution in [1.82, 2.24) is 10.2 Å². The highest BCUT2D eigenvalue weighted by Gasteiger charge is 2.20. The number of hydrogen-bond acceptors (Lipinski definition) is 7. The lowest BCUT2D eigenvalue weighted by atomic mass is 10.2. The van der Waals surface area contributed by atoms with Crippen LogP contribution >= 0.6 is 11.3 Å². The van der Waals surface area contributed by atoms with Gasteiger partial charge in [0, 0.05) is 0 Å². The second-order valence-electron chi connectivity index (χ2n) is 5.91. The Labute approximate surface area is 165 Å². The molecule has 140 valence electrons. The fraction of sp³-hybridized carbons (Fsp3) is 0.0952. The highest BCUT2D eigenvalue weighted by Crippen LogP contribution is 2.27. The van der Waals surface area contributed by atoms with E-state index >= 15 is 0 Å². The quantitative estimate of drug-likeness (QED) is 0.403. The lowest BCUT2D eigenvalue weighted by molar-refractivity contribution is 0.0279. The molecule has 0 amide bonds. The van der Waals surface area contributed by atoms with Gasteiger partial charge in [-0.25, -0.2) is 4.79 Å². The molecule has 2 heterocycles. The van der Waals surface area contributed by atoms with Gasteiger partial charge in [-0.2, -0.15) is 0 Å². The Hall–Kier alpha value is -3.45. The first-order chi connectivity index (χ1) is 13.7. The molecule has 28 heavy (non-hydrogen) atoms. The largest absolute Gasteiger partial charge is 0.457 e. The Balaban J connectivity index is 1.44. The summed E-state index contributed by atoms with van der Waals surface area (Å²) in [5, 5.41) is 9.91. The van der Waals surface area contributed by atoms with Gasteiger partial charge in [0.2, 0.25) is 0 Å². The number of esters is 1. The summed E-state index contributed by atoms with van der Waals surface area (Å²) in [5.74, 6) is 1.39. The normalized spacial score (nSPS) is 11.8. The Morgan fingerprint density at radius 1 is 1.00 bits per heavy atom. The van der Waals surface area contributed by atoms with Crippen molar-refractivity contribution in [2.45, 2.75) is 13.0 Å². The van der Waals surface area contributed by atoms with E-state index < -0.39 is 12.1 Å². The summed E-state index contributed by atoms with van der Waals surface area (Å²) >= 11 is 1.50. The molecule has 0 unspecified atom stereocenters. The monoisotopic (exact) mass is 392 g/mol. The minimum absolute atomic E-state index is 0.244. The number of hydrogen-bond donors (Lipinski definition) is 0. The third kappa shape index (κ3) is 4.10. The molecule has 0 bridgehead atoms. The molecule has 0 spiro atoms. The molecular formula is C21H16N2O4S. The molecule has 0 saturated heterocycles. The molecule has 0 aliphatic rings. The topological polar surface area (TPSA) is 74.5 Å². The van der Waals surface area contributed by atoms with Gasteiger partial charge in [0.05, 0.1) is 10.4 Å². The van der Waals surface area contributed by atoms with E-state index in [1.165, 1.54) is 11.3 Å². The molecule has 1 atom stereocenters. The van der Waals surface area contributed by atoms with Crippen molar-refractivity contribution in [3.05, 3.63) is 83.6 Å². The number of aromatic nitrogens is 2. The maximum absolute atomic E-state index is 12.5. The van der Waals surface area contributed by atoms with Gasteiger partial charge in [-0.05, 0) is 48.7 Å². The van der Waals surface area contributed by atoms with E-state index in [1.54, 1.807) is 31.2 Å². The van der Waals surface area contributed by atoms with Gasteiger partial charge in [0.1, 0.15) is 11.5 Å². The smallest absolute Gasteiger partial charge is 0.339 e. The molecule has 4 aromatic rings. The number of ether oxygens (including phenoxy) is 2. The molecule has 6 nitrogen and oxygen atoms in total. The van der Waals surface area contributed by atoms with Crippen LogP contribution in [-0.4, -0.2) is 16.2 Å².